The van der Waals surface area contributed by atoms with E-state index in [9.17, 15) is 4.79 Å². The highest BCUT2D eigenvalue weighted by atomic mass is 79.9. The monoisotopic (exact) mass is 348 g/mol. The van der Waals surface area contributed by atoms with E-state index in [1.165, 1.54) is 0 Å². The van der Waals surface area contributed by atoms with Gasteiger partial charge in [-0.25, -0.2) is 0 Å². The largest absolute Gasteiger partial charge is 0.348 e. The molecule has 0 spiro atoms. The maximum absolute atomic E-state index is 12.6. The molecule has 2 aromatic rings. The Hall–Kier alpha value is -1.42. The Morgan fingerprint density at radius 3 is 2.71 bits per heavy atom. The summed E-state index contributed by atoms with van der Waals surface area (Å²) >= 11 is 3.48. The molecule has 112 valence electrons. The van der Waals surface area contributed by atoms with Crippen LogP contribution in [0.5, 0.6) is 0 Å². The van der Waals surface area contributed by atoms with Crippen molar-refractivity contribution in [3.05, 3.63) is 41.6 Å². The molecule has 0 bridgehead atoms. The van der Waals surface area contributed by atoms with Gasteiger partial charge in [0.1, 0.15) is 0 Å². The number of carbonyl (C=O) groups is 1. The molecule has 0 saturated carbocycles. The number of nitrogens with one attached hydrogen (secondary N) is 1. The Balaban J connectivity index is 2.30. The predicted molar refractivity (Wildman–Crippen MR) is 91.0 cm³/mol. The van der Waals surface area contributed by atoms with Gasteiger partial charge in [0.15, 0.2) is 0 Å². The minimum atomic E-state index is -0.0261. The highest BCUT2D eigenvalue weighted by Crippen LogP contribution is 2.19. The number of aromatic nitrogens is 1. The lowest BCUT2D eigenvalue weighted by atomic mass is 10.0. The SMILES string of the molecule is Cc1cc(C(=O)NC(CBr)CC(C)C)c2ccccc2n1. The average Bonchev–Trinajstić information content (AvgIpc) is 2.44. The van der Waals surface area contributed by atoms with Gasteiger partial charge < -0.3 is 5.32 Å². The number of benzene rings is 1. The summed E-state index contributed by atoms with van der Waals surface area (Å²) in [5.74, 6) is 0.519. The fourth-order valence-electron chi connectivity index (χ4n) is 2.49. The summed E-state index contributed by atoms with van der Waals surface area (Å²) in [6.45, 7) is 6.24. The Labute approximate surface area is 134 Å². The van der Waals surface area contributed by atoms with Crippen molar-refractivity contribution in [3.63, 3.8) is 0 Å². The fraction of sp³-hybridized carbons (Fsp3) is 0.412. The summed E-state index contributed by atoms with van der Waals surface area (Å²) in [6.07, 6.45) is 0.957. The summed E-state index contributed by atoms with van der Waals surface area (Å²) in [6, 6.07) is 9.77. The quantitative estimate of drug-likeness (QED) is 0.827. The molecule has 21 heavy (non-hydrogen) atoms. The van der Waals surface area contributed by atoms with Crippen molar-refractivity contribution in [1.29, 1.82) is 0 Å². The number of carbonyl (C=O) groups excluding carboxylic acids is 1. The molecular formula is C17H21BrN2O. The lowest BCUT2D eigenvalue weighted by Gasteiger charge is -2.19. The molecule has 3 nitrogen and oxygen atoms in total. The molecule has 0 aliphatic rings. The van der Waals surface area contributed by atoms with Crippen LogP contribution in [0.2, 0.25) is 0 Å². The zero-order chi connectivity index (χ0) is 15.4. The fourth-order valence-corrected chi connectivity index (χ4v) is 2.91. The standard InChI is InChI=1S/C17H21BrN2O/c1-11(2)8-13(10-18)20-17(21)15-9-12(3)19-16-7-5-4-6-14(15)16/h4-7,9,11,13H,8,10H2,1-3H3,(H,20,21). The van der Waals surface area contributed by atoms with Gasteiger partial charge in [-0.2, -0.15) is 0 Å². The van der Waals surface area contributed by atoms with Crippen LogP contribution in [0.4, 0.5) is 0 Å². The number of para-hydroxylation sites is 1. The van der Waals surface area contributed by atoms with E-state index in [1.54, 1.807) is 0 Å². The summed E-state index contributed by atoms with van der Waals surface area (Å²) in [4.78, 5) is 17.1. The zero-order valence-electron chi connectivity index (χ0n) is 12.7. The predicted octanol–water partition coefficient (Wildman–Crippen LogP) is 4.08. The van der Waals surface area contributed by atoms with Crippen molar-refractivity contribution in [1.82, 2.24) is 10.3 Å². The van der Waals surface area contributed by atoms with Crippen molar-refractivity contribution >= 4 is 32.7 Å². The molecule has 1 heterocycles. The summed E-state index contributed by atoms with van der Waals surface area (Å²) in [5, 5.41) is 4.78. The van der Waals surface area contributed by atoms with Crippen LogP contribution in [-0.4, -0.2) is 22.3 Å². The van der Waals surface area contributed by atoms with Crippen LogP contribution in [0.25, 0.3) is 10.9 Å². The van der Waals surface area contributed by atoms with E-state index in [0.29, 0.717) is 11.5 Å². The number of halogens is 1. The minimum absolute atomic E-state index is 0.0261. The van der Waals surface area contributed by atoms with Crippen molar-refractivity contribution in [2.45, 2.75) is 33.2 Å². The first kappa shape index (κ1) is 16.0. The zero-order valence-corrected chi connectivity index (χ0v) is 14.3. The van der Waals surface area contributed by atoms with Crippen molar-refractivity contribution in [2.24, 2.45) is 5.92 Å². The Morgan fingerprint density at radius 2 is 2.05 bits per heavy atom. The number of hydrogen-bond acceptors (Lipinski definition) is 2. The lowest BCUT2D eigenvalue weighted by Crippen LogP contribution is -2.37. The van der Waals surface area contributed by atoms with E-state index < -0.39 is 0 Å². The number of nitrogens with zero attached hydrogens (tertiary/aromatic N) is 1. The van der Waals surface area contributed by atoms with Gasteiger partial charge >= 0.3 is 0 Å². The Morgan fingerprint density at radius 1 is 1.33 bits per heavy atom. The third-order valence-electron chi connectivity index (χ3n) is 3.37. The third kappa shape index (κ3) is 4.03. The van der Waals surface area contributed by atoms with Crippen molar-refractivity contribution in [3.8, 4) is 0 Å². The van der Waals surface area contributed by atoms with Crippen LogP contribution in [0.3, 0.4) is 0 Å². The summed E-state index contributed by atoms with van der Waals surface area (Å²) in [5.41, 5.74) is 2.42. The molecule has 1 atom stereocenters. The van der Waals surface area contributed by atoms with Gasteiger partial charge in [-0.05, 0) is 31.4 Å². The van der Waals surface area contributed by atoms with Gasteiger partial charge in [-0.1, -0.05) is 48.0 Å². The second-order valence-corrected chi connectivity index (χ2v) is 6.43. The van der Waals surface area contributed by atoms with E-state index in [2.05, 4.69) is 40.1 Å². The maximum Gasteiger partial charge on any atom is 0.252 e. The van der Waals surface area contributed by atoms with Gasteiger partial charge in [0.05, 0.1) is 11.1 Å². The van der Waals surface area contributed by atoms with E-state index in [0.717, 1.165) is 28.3 Å². The molecule has 1 N–H and O–H groups in total. The first-order valence-electron chi connectivity index (χ1n) is 7.24. The van der Waals surface area contributed by atoms with E-state index >= 15 is 0 Å². The third-order valence-corrected chi connectivity index (χ3v) is 4.15. The van der Waals surface area contributed by atoms with Crippen LogP contribution < -0.4 is 5.32 Å². The number of rotatable bonds is 5. The number of pyridine rings is 1. The summed E-state index contributed by atoms with van der Waals surface area (Å²) in [7, 11) is 0. The smallest absolute Gasteiger partial charge is 0.252 e. The van der Waals surface area contributed by atoms with Gasteiger partial charge in [-0.3, -0.25) is 9.78 Å². The molecule has 0 fully saturated rings. The highest BCUT2D eigenvalue weighted by molar-refractivity contribution is 9.09. The van der Waals surface area contributed by atoms with Crippen LogP contribution in [0.15, 0.2) is 30.3 Å². The number of aryl methyl sites for hydroxylation is 1. The number of hydrogen-bond donors (Lipinski definition) is 1. The molecular weight excluding hydrogens is 328 g/mol. The van der Waals surface area contributed by atoms with Crippen LogP contribution in [-0.2, 0) is 0 Å². The van der Waals surface area contributed by atoms with E-state index in [4.69, 9.17) is 0 Å². The first-order valence-corrected chi connectivity index (χ1v) is 8.36. The van der Waals surface area contributed by atoms with Crippen molar-refractivity contribution < 1.29 is 4.79 Å². The molecule has 0 aliphatic heterocycles. The normalized spacial score (nSPS) is 12.6. The molecule has 1 unspecified atom stereocenters. The maximum atomic E-state index is 12.6. The van der Waals surface area contributed by atoms with Crippen LogP contribution in [0, 0.1) is 12.8 Å². The number of fused-ring (bicyclic) bond motifs is 1. The van der Waals surface area contributed by atoms with Crippen LogP contribution in [0.1, 0.15) is 36.3 Å². The molecule has 1 amide bonds. The van der Waals surface area contributed by atoms with E-state index in [1.807, 2.05) is 37.3 Å². The topological polar surface area (TPSA) is 42.0 Å². The molecule has 0 aliphatic carbocycles. The Kier molecular flexibility index (Phi) is 5.34. The first-order chi connectivity index (χ1) is 10.0. The second kappa shape index (κ2) is 7.03. The molecule has 4 heteroatoms. The number of amides is 1. The number of alkyl halides is 1. The van der Waals surface area contributed by atoms with Gasteiger partial charge in [0.2, 0.25) is 0 Å². The van der Waals surface area contributed by atoms with Crippen molar-refractivity contribution in [2.75, 3.05) is 5.33 Å². The van der Waals surface area contributed by atoms with E-state index in [-0.39, 0.29) is 11.9 Å². The molecule has 1 aromatic carbocycles. The molecule has 1 aromatic heterocycles. The van der Waals surface area contributed by atoms with Crippen LogP contribution >= 0.6 is 15.9 Å². The van der Waals surface area contributed by atoms with Gasteiger partial charge in [0, 0.05) is 22.5 Å². The average molecular weight is 349 g/mol. The second-order valence-electron chi connectivity index (χ2n) is 5.78. The van der Waals surface area contributed by atoms with Gasteiger partial charge in [0.25, 0.3) is 5.91 Å². The minimum Gasteiger partial charge on any atom is -0.348 e. The lowest BCUT2D eigenvalue weighted by molar-refractivity contribution is 0.0938. The Bertz CT molecular complexity index is 640. The van der Waals surface area contributed by atoms with Gasteiger partial charge in [-0.15, -0.1) is 0 Å². The molecule has 0 saturated heterocycles. The highest BCUT2D eigenvalue weighted by Gasteiger charge is 2.16. The molecule has 2 rings (SSSR count). The summed E-state index contributed by atoms with van der Waals surface area (Å²) < 4.78 is 0. The molecule has 0 radical (unpaired) electrons.